The number of anilines is 1. The van der Waals surface area contributed by atoms with Crippen molar-refractivity contribution in [2.45, 2.75) is 44.3 Å². The van der Waals surface area contributed by atoms with Gasteiger partial charge in [-0.25, -0.2) is 0 Å². The van der Waals surface area contributed by atoms with Crippen molar-refractivity contribution in [1.82, 2.24) is 19.7 Å². The molecule has 7 nitrogen and oxygen atoms in total. The summed E-state index contributed by atoms with van der Waals surface area (Å²) in [5.41, 5.74) is 1.79. The number of benzene rings is 1. The Labute approximate surface area is 171 Å². The van der Waals surface area contributed by atoms with Gasteiger partial charge in [0.2, 0.25) is 0 Å². The summed E-state index contributed by atoms with van der Waals surface area (Å²) in [5.74, 6) is 1.42. The molecular formula is C21H20F2N6O. The Morgan fingerprint density at radius 3 is 2.67 bits per heavy atom. The van der Waals surface area contributed by atoms with Gasteiger partial charge in [-0.15, -0.1) is 10.2 Å². The van der Waals surface area contributed by atoms with Crippen molar-refractivity contribution in [1.29, 1.82) is 5.26 Å². The van der Waals surface area contributed by atoms with Crippen molar-refractivity contribution >= 4 is 16.6 Å². The van der Waals surface area contributed by atoms with E-state index in [4.69, 9.17) is 0 Å². The lowest BCUT2D eigenvalue weighted by molar-refractivity contribution is -0.0497. The molecule has 30 heavy (non-hydrogen) atoms. The fourth-order valence-corrected chi connectivity index (χ4v) is 4.30. The molecule has 3 heterocycles. The minimum absolute atomic E-state index is 0.0584. The van der Waals surface area contributed by atoms with Crippen LogP contribution in [0.3, 0.4) is 0 Å². The van der Waals surface area contributed by atoms with E-state index in [1.54, 1.807) is 18.3 Å². The SMILES string of the molecule is N#Cc1cnc2ccc(OC(F)F)cc2c1N1CCC(c2nncn2C2CC2)CC1. The van der Waals surface area contributed by atoms with E-state index in [-0.39, 0.29) is 5.75 Å². The molecule has 0 atom stereocenters. The monoisotopic (exact) mass is 410 g/mol. The van der Waals surface area contributed by atoms with Crippen LogP contribution in [0.1, 0.15) is 49.0 Å². The van der Waals surface area contributed by atoms with Gasteiger partial charge in [-0.2, -0.15) is 14.0 Å². The van der Waals surface area contributed by atoms with Crippen LogP contribution >= 0.6 is 0 Å². The van der Waals surface area contributed by atoms with Gasteiger partial charge in [0.1, 0.15) is 24.0 Å². The number of piperidine rings is 1. The van der Waals surface area contributed by atoms with Crippen molar-refractivity contribution in [3.63, 3.8) is 0 Å². The molecule has 1 saturated carbocycles. The van der Waals surface area contributed by atoms with E-state index in [1.165, 1.54) is 18.9 Å². The van der Waals surface area contributed by atoms with E-state index < -0.39 is 6.61 Å². The second kappa shape index (κ2) is 7.52. The summed E-state index contributed by atoms with van der Waals surface area (Å²) >= 11 is 0. The Kier molecular flexibility index (Phi) is 4.69. The third-order valence-corrected chi connectivity index (χ3v) is 5.87. The van der Waals surface area contributed by atoms with Gasteiger partial charge in [-0.1, -0.05) is 0 Å². The lowest BCUT2D eigenvalue weighted by Crippen LogP contribution is -2.34. The normalized spacial score (nSPS) is 17.5. The molecule has 9 heteroatoms. The molecule has 154 valence electrons. The van der Waals surface area contributed by atoms with Crippen LogP contribution < -0.4 is 9.64 Å². The molecule has 0 unspecified atom stereocenters. The van der Waals surface area contributed by atoms with E-state index in [2.05, 4.69) is 35.5 Å². The third-order valence-electron chi connectivity index (χ3n) is 5.87. The number of hydrogen-bond acceptors (Lipinski definition) is 6. The van der Waals surface area contributed by atoms with E-state index in [1.807, 2.05) is 6.33 Å². The molecule has 0 bridgehead atoms. The van der Waals surface area contributed by atoms with Gasteiger partial charge >= 0.3 is 6.61 Å². The summed E-state index contributed by atoms with van der Waals surface area (Å²) in [7, 11) is 0. The van der Waals surface area contributed by atoms with Gasteiger partial charge in [0, 0.05) is 36.6 Å². The fraction of sp³-hybridized carbons (Fsp3) is 0.429. The van der Waals surface area contributed by atoms with Crippen molar-refractivity contribution in [2.24, 2.45) is 0 Å². The average molecular weight is 410 g/mol. The van der Waals surface area contributed by atoms with Crippen molar-refractivity contribution in [2.75, 3.05) is 18.0 Å². The first-order chi connectivity index (χ1) is 14.6. The molecule has 1 aliphatic heterocycles. The summed E-state index contributed by atoms with van der Waals surface area (Å²) in [6.45, 7) is -1.44. The first kappa shape index (κ1) is 18.7. The van der Waals surface area contributed by atoms with E-state index in [0.29, 0.717) is 28.4 Å². The topological polar surface area (TPSA) is 79.9 Å². The number of fused-ring (bicyclic) bond motifs is 1. The maximum absolute atomic E-state index is 12.7. The van der Waals surface area contributed by atoms with Crippen LogP contribution in [0.4, 0.5) is 14.5 Å². The molecule has 0 radical (unpaired) electrons. The molecule has 0 amide bonds. The van der Waals surface area contributed by atoms with Gasteiger partial charge < -0.3 is 14.2 Å². The first-order valence-corrected chi connectivity index (χ1v) is 10.1. The van der Waals surface area contributed by atoms with Gasteiger partial charge in [0.15, 0.2) is 0 Å². The minimum atomic E-state index is -2.91. The molecule has 1 aliphatic carbocycles. The Bertz CT molecular complexity index is 1110. The number of ether oxygens (including phenoxy) is 1. The zero-order valence-corrected chi connectivity index (χ0v) is 16.2. The second-order valence-electron chi connectivity index (χ2n) is 7.78. The summed E-state index contributed by atoms with van der Waals surface area (Å²) < 4.78 is 32.1. The standard InChI is InChI=1S/C21H20F2N6O/c22-21(23)30-16-3-4-18-17(9-16)19(14(10-24)11-25-18)28-7-5-13(6-8-28)20-27-26-12-29(20)15-1-2-15/h3-4,9,11-13,15,21H,1-2,5-8H2. The maximum Gasteiger partial charge on any atom is 0.387 e. The van der Waals surface area contributed by atoms with Crippen LogP contribution in [-0.4, -0.2) is 39.4 Å². The molecule has 1 saturated heterocycles. The van der Waals surface area contributed by atoms with Gasteiger partial charge in [0.05, 0.1) is 16.8 Å². The van der Waals surface area contributed by atoms with Crippen LogP contribution in [0.2, 0.25) is 0 Å². The Morgan fingerprint density at radius 1 is 1.17 bits per heavy atom. The van der Waals surface area contributed by atoms with Crippen LogP contribution in [0.25, 0.3) is 10.9 Å². The van der Waals surface area contributed by atoms with Crippen LogP contribution in [0.5, 0.6) is 5.75 Å². The summed E-state index contributed by atoms with van der Waals surface area (Å²) in [4.78, 5) is 6.45. The Morgan fingerprint density at radius 2 is 1.97 bits per heavy atom. The molecule has 5 rings (SSSR count). The van der Waals surface area contributed by atoms with Crippen molar-refractivity contribution in [3.8, 4) is 11.8 Å². The quantitative estimate of drug-likeness (QED) is 0.632. The lowest BCUT2D eigenvalue weighted by Gasteiger charge is -2.34. The molecule has 3 aromatic rings. The van der Waals surface area contributed by atoms with E-state index >= 15 is 0 Å². The summed E-state index contributed by atoms with van der Waals surface area (Å²) in [6.07, 6.45) is 7.50. The highest BCUT2D eigenvalue weighted by Gasteiger charge is 2.31. The van der Waals surface area contributed by atoms with Gasteiger partial charge in [0.25, 0.3) is 0 Å². The zero-order chi connectivity index (χ0) is 20.7. The number of hydrogen-bond donors (Lipinski definition) is 0. The number of halogens is 2. The van der Waals surface area contributed by atoms with Crippen molar-refractivity contribution in [3.05, 3.63) is 42.1 Å². The number of alkyl halides is 2. The Hall–Kier alpha value is -3.28. The van der Waals surface area contributed by atoms with E-state index in [0.717, 1.165) is 37.4 Å². The van der Waals surface area contributed by atoms with Crippen molar-refractivity contribution < 1.29 is 13.5 Å². The molecule has 1 aromatic carbocycles. The van der Waals surface area contributed by atoms with Crippen LogP contribution in [0.15, 0.2) is 30.7 Å². The molecule has 2 aliphatic rings. The Balaban J connectivity index is 1.44. The highest BCUT2D eigenvalue weighted by atomic mass is 19.3. The van der Waals surface area contributed by atoms with Crippen LogP contribution in [-0.2, 0) is 0 Å². The first-order valence-electron chi connectivity index (χ1n) is 10.1. The number of rotatable bonds is 5. The predicted octanol–water partition coefficient (Wildman–Crippen LogP) is 4.02. The smallest absolute Gasteiger partial charge is 0.387 e. The fourth-order valence-electron chi connectivity index (χ4n) is 4.30. The number of nitrogens with zero attached hydrogens (tertiary/aromatic N) is 6. The lowest BCUT2D eigenvalue weighted by atomic mass is 9.94. The second-order valence-corrected chi connectivity index (χ2v) is 7.78. The molecule has 0 spiro atoms. The van der Waals surface area contributed by atoms with E-state index in [9.17, 15) is 14.0 Å². The summed E-state index contributed by atoms with van der Waals surface area (Å²) in [5, 5.41) is 18.8. The zero-order valence-electron chi connectivity index (χ0n) is 16.2. The average Bonchev–Trinajstić information content (AvgIpc) is 3.49. The number of aromatic nitrogens is 4. The summed E-state index contributed by atoms with van der Waals surface area (Å²) in [6, 6.07) is 7.38. The maximum atomic E-state index is 12.7. The highest BCUT2D eigenvalue weighted by Crippen LogP contribution is 2.40. The van der Waals surface area contributed by atoms with Gasteiger partial charge in [-0.05, 0) is 43.9 Å². The largest absolute Gasteiger partial charge is 0.435 e. The van der Waals surface area contributed by atoms with Crippen LogP contribution in [0, 0.1) is 11.3 Å². The number of nitriles is 1. The number of pyridine rings is 1. The molecule has 0 N–H and O–H groups in total. The minimum Gasteiger partial charge on any atom is -0.435 e. The highest BCUT2D eigenvalue weighted by molar-refractivity contribution is 5.95. The third kappa shape index (κ3) is 3.43. The predicted molar refractivity (Wildman–Crippen MR) is 106 cm³/mol. The molecule has 2 fully saturated rings. The van der Waals surface area contributed by atoms with Gasteiger partial charge in [-0.3, -0.25) is 4.98 Å². The molecule has 2 aromatic heterocycles. The molecular weight excluding hydrogens is 390 g/mol.